The molecule has 114 valence electrons. The highest BCUT2D eigenvalue weighted by Gasteiger charge is 2.46. The van der Waals surface area contributed by atoms with Gasteiger partial charge in [0, 0.05) is 25.2 Å². The van der Waals surface area contributed by atoms with Crippen LogP contribution in [-0.4, -0.2) is 52.8 Å². The Hall–Kier alpha value is -1.75. The molecular formula is C16H22N2O3. The Morgan fingerprint density at radius 3 is 2.67 bits per heavy atom. The van der Waals surface area contributed by atoms with Crippen molar-refractivity contribution in [3.63, 3.8) is 0 Å². The number of piperazine rings is 1. The van der Waals surface area contributed by atoms with Crippen molar-refractivity contribution in [2.24, 2.45) is 0 Å². The third kappa shape index (κ3) is 2.58. The molecule has 2 aliphatic heterocycles. The summed E-state index contributed by atoms with van der Waals surface area (Å²) >= 11 is 0. The molecule has 0 unspecified atom stereocenters. The van der Waals surface area contributed by atoms with Gasteiger partial charge in [0.15, 0.2) is 0 Å². The first-order valence-electron chi connectivity index (χ1n) is 7.48. The molecule has 2 aliphatic rings. The van der Waals surface area contributed by atoms with E-state index in [0.717, 1.165) is 31.7 Å². The first-order valence-corrected chi connectivity index (χ1v) is 7.48. The van der Waals surface area contributed by atoms with Gasteiger partial charge in [-0.2, -0.15) is 0 Å². The van der Waals surface area contributed by atoms with Gasteiger partial charge in [-0.15, -0.1) is 0 Å². The lowest BCUT2D eigenvalue weighted by Gasteiger charge is -2.44. The zero-order valence-corrected chi connectivity index (χ0v) is 12.5. The number of hydrogen-bond donors (Lipinski definition) is 1. The number of likely N-dealkylation sites (tertiary alicyclic amines) is 1. The smallest absolute Gasteiger partial charge is 0.407 e. The lowest BCUT2D eigenvalue weighted by atomic mass is 10.0. The second kappa shape index (κ2) is 5.56. The molecule has 0 aliphatic carbocycles. The Balaban J connectivity index is 1.71. The van der Waals surface area contributed by atoms with E-state index < -0.39 is 6.09 Å². The topological polar surface area (TPSA) is 53.0 Å². The fourth-order valence-corrected chi connectivity index (χ4v) is 3.72. The molecule has 3 rings (SSSR count). The molecule has 1 amide bonds. The summed E-state index contributed by atoms with van der Waals surface area (Å²) in [4.78, 5) is 15.5. The van der Waals surface area contributed by atoms with Gasteiger partial charge >= 0.3 is 6.09 Å². The van der Waals surface area contributed by atoms with E-state index >= 15 is 0 Å². The van der Waals surface area contributed by atoms with Crippen LogP contribution in [0.5, 0.6) is 5.75 Å². The predicted octanol–water partition coefficient (Wildman–Crippen LogP) is 2.41. The molecule has 5 nitrogen and oxygen atoms in total. The van der Waals surface area contributed by atoms with Gasteiger partial charge in [0.05, 0.1) is 13.2 Å². The minimum absolute atomic E-state index is 0.138. The summed E-state index contributed by atoms with van der Waals surface area (Å²) in [5.74, 6) is 0.863. The fraction of sp³-hybridized carbons (Fsp3) is 0.562. The van der Waals surface area contributed by atoms with E-state index in [1.165, 1.54) is 5.56 Å². The lowest BCUT2D eigenvalue weighted by molar-refractivity contribution is 0.0240. The zero-order chi connectivity index (χ0) is 15.0. The molecular weight excluding hydrogens is 268 g/mol. The van der Waals surface area contributed by atoms with Crippen LogP contribution in [0.2, 0.25) is 0 Å². The lowest BCUT2D eigenvalue weighted by Crippen LogP contribution is -2.59. The van der Waals surface area contributed by atoms with E-state index in [1.54, 1.807) is 12.0 Å². The van der Waals surface area contributed by atoms with Crippen LogP contribution in [0.3, 0.4) is 0 Å². The SMILES string of the molecule is COc1ccc(CN2C[C@@H]3CC[C@H]([C@H]2C)N3C(=O)O)cc1. The number of methoxy groups -OCH3 is 1. The van der Waals surface area contributed by atoms with E-state index in [0.29, 0.717) is 0 Å². The summed E-state index contributed by atoms with van der Waals surface area (Å²) < 4.78 is 5.18. The van der Waals surface area contributed by atoms with Gasteiger partial charge in [-0.05, 0) is 37.5 Å². The summed E-state index contributed by atoms with van der Waals surface area (Å²) in [6.45, 7) is 3.84. The number of hydrogen-bond acceptors (Lipinski definition) is 3. The monoisotopic (exact) mass is 290 g/mol. The number of benzene rings is 1. The van der Waals surface area contributed by atoms with Gasteiger partial charge in [-0.3, -0.25) is 9.80 Å². The standard InChI is InChI=1S/C16H22N2O3/c1-11-15-8-5-13(18(15)16(19)20)10-17(11)9-12-3-6-14(21-2)7-4-12/h3-4,6-7,11,13,15H,5,8-10H2,1-2H3,(H,19,20)/t11-,13+,15-/m1/s1. The van der Waals surface area contributed by atoms with Crippen LogP contribution in [0, 0.1) is 0 Å². The van der Waals surface area contributed by atoms with Crippen molar-refractivity contribution < 1.29 is 14.6 Å². The van der Waals surface area contributed by atoms with Gasteiger partial charge in [-0.1, -0.05) is 12.1 Å². The van der Waals surface area contributed by atoms with Crippen molar-refractivity contribution >= 4 is 6.09 Å². The van der Waals surface area contributed by atoms with Crippen LogP contribution in [0.25, 0.3) is 0 Å². The number of carboxylic acid groups (broad SMARTS) is 1. The average Bonchev–Trinajstić information content (AvgIpc) is 2.83. The van der Waals surface area contributed by atoms with Crippen LogP contribution in [0.1, 0.15) is 25.3 Å². The minimum Gasteiger partial charge on any atom is -0.497 e. The maximum absolute atomic E-state index is 11.4. The van der Waals surface area contributed by atoms with E-state index in [4.69, 9.17) is 4.74 Å². The normalized spacial score (nSPS) is 28.7. The van der Waals surface area contributed by atoms with Crippen LogP contribution in [0.4, 0.5) is 4.79 Å². The van der Waals surface area contributed by atoms with Crippen LogP contribution < -0.4 is 4.74 Å². The van der Waals surface area contributed by atoms with Crippen molar-refractivity contribution in [2.45, 2.75) is 44.4 Å². The molecule has 2 heterocycles. The number of carbonyl (C=O) groups is 1. The molecule has 2 fully saturated rings. The second-order valence-electron chi connectivity index (χ2n) is 6.01. The molecule has 2 bridgehead atoms. The highest BCUT2D eigenvalue weighted by Crippen LogP contribution is 2.34. The summed E-state index contributed by atoms with van der Waals surface area (Å²) in [5.41, 5.74) is 1.24. The Bertz CT molecular complexity index is 517. The number of amides is 1. The number of rotatable bonds is 3. The van der Waals surface area contributed by atoms with Gasteiger partial charge in [0.2, 0.25) is 0 Å². The van der Waals surface area contributed by atoms with Crippen LogP contribution >= 0.6 is 0 Å². The maximum Gasteiger partial charge on any atom is 0.407 e. The number of nitrogens with zero attached hydrogens (tertiary/aromatic N) is 2. The Kier molecular flexibility index (Phi) is 3.76. The quantitative estimate of drug-likeness (QED) is 0.929. The Morgan fingerprint density at radius 1 is 1.33 bits per heavy atom. The van der Waals surface area contributed by atoms with E-state index in [1.807, 2.05) is 12.1 Å². The molecule has 1 N–H and O–H groups in total. The molecule has 1 aromatic carbocycles. The summed E-state index contributed by atoms with van der Waals surface area (Å²) in [6, 6.07) is 8.67. The van der Waals surface area contributed by atoms with Gasteiger partial charge in [0.1, 0.15) is 5.75 Å². The zero-order valence-electron chi connectivity index (χ0n) is 12.5. The number of fused-ring (bicyclic) bond motifs is 2. The average molecular weight is 290 g/mol. The van der Waals surface area contributed by atoms with Gasteiger partial charge < -0.3 is 9.84 Å². The van der Waals surface area contributed by atoms with Crippen molar-refractivity contribution in [2.75, 3.05) is 13.7 Å². The summed E-state index contributed by atoms with van der Waals surface area (Å²) in [6.07, 6.45) is 1.20. The summed E-state index contributed by atoms with van der Waals surface area (Å²) in [5, 5.41) is 9.36. The molecule has 5 heteroatoms. The highest BCUT2D eigenvalue weighted by molar-refractivity contribution is 5.66. The van der Waals surface area contributed by atoms with Gasteiger partial charge in [-0.25, -0.2) is 4.79 Å². The molecule has 21 heavy (non-hydrogen) atoms. The Morgan fingerprint density at radius 2 is 2.05 bits per heavy atom. The molecule has 1 aromatic rings. The van der Waals surface area contributed by atoms with E-state index in [9.17, 15) is 9.90 Å². The highest BCUT2D eigenvalue weighted by atomic mass is 16.5. The van der Waals surface area contributed by atoms with E-state index in [-0.39, 0.29) is 18.1 Å². The molecule has 0 aromatic heterocycles. The Labute approximate surface area is 125 Å². The van der Waals surface area contributed by atoms with Crippen molar-refractivity contribution in [1.29, 1.82) is 0 Å². The van der Waals surface area contributed by atoms with E-state index in [2.05, 4.69) is 24.0 Å². The second-order valence-corrected chi connectivity index (χ2v) is 6.01. The van der Waals surface area contributed by atoms with Crippen molar-refractivity contribution in [1.82, 2.24) is 9.80 Å². The first-order chi connectivity index (χ1) is 10.1. The molecule has 3 atom stereocenters. The first kappa shape index (κ1) is 14.2. The van der Waals surface area contributed by atoms with Crippen LogP contribution in [-0.2, 0) is 6.54 Å². The fourth-order valence-electron chi connectivity index (χ4n) is 3.72. The number of ether oxygens (including phenoxy) is 1. The predicted molar refractivity (Wildman–Crippen MR) is 79.5 cm³/mol. The van der Waals surface area contributed by atoms with Crippen LogP contribution in [0.15, 0.2) is 24.3 Å². The third-order valence-electron chi connectivity index (χ3n) is 4.89. The largest absolute Gasteiger partial charge is 0.497 e. The maximum atomic E-state index is 11.4. The molecule has 0 radical (unpaired) electrons. The third-order valence-corrected chi connectivity index (χ3v) is 4.89. The summed E-state index contributed by atoms with van der Waals surface area (Å²) in [7, 11) is 1.67. The molecule has 0 saturated carbocycles. The minimum atomic E-state index is -0.765. The molecule has 0 spiro atoms. The van der Waals surface area contributed by atoms with Crippen molar-refractivity contribution in [3.05, 3.63) is 29.8 Å². The van der Waals surface area contributed by atoms with Gasteiger partial charge in [0.25, 0.3) is 0 Å². The van der Waals surface area contributed by atoms with Crippen molar-refractivity contribution in [3.8, 4) is 5.75 Å². The molecule has 2 saturated heterocycles.